The van der Waals surface area contributed by atoms with Crippen molar-refractivity contribution in [2.24, 2.45) is 0 Å². The van der Waals surface area contributed by atoms with Gasteiger partial charge in [-0.25, -0.2) is 9.97 Å². The van der Waals surface area contributed by atoms with E-state index < -0.39 is 0 Å². The minimum absolute atomic E-state index is 0.145. The molecule has 152 valence electrons. The lowest BCUT2D eigenvalue weighted by atomic mass is 10.1. The molecule has 8 heteroatoms. The van der Waals surface area contributed by atoms with Crippen LogP contribution < -0.4 is 15.6 Å². The van der Waals surface area contributed by atoms with Crippen molar-refractivity contribution >= 4 is 21.9 Å². The maximum absolute atomic E-state index is 12.3. The number of hydrogen-bond donors (Lipinski definition) is 2. The molecule has 0 saturated heterocycles. The lowest BCUT2D eigenvalue weighted by Crippen LogP contribution is -2.17. The molecule has 0 atom stereocenters. The van der Waals surface area contributed by atoms with E-state index in [-0.39, 0.29) is 5.56 Å². The summed E-state index contributed by atoms with van der Waals surface area (Å²) in [6, 6.07) is 5.75. The van der Waals surface area contributed by atoms with Crippen LogP contribution in [-0.2, 0) is 12.8 Å². The monoisotopic (exact) mass is 457 g/mol. The molecule has 3 heterocycles. The standard InChI is InChI=1S/C21H24BrN5O2/c1-14-9-17(22)13-25-18(14)5-3-4-7-24-21-26-12-16(20(28)27-21)10-15-6-8-23-19(11-15)29-2/h6,8-9,11-13H,3-5,7,10H2,1-2H3,(H2,24,26,27,28). The fourth-order valence-electron chi connectivity index (χ4n) is 2.98. The molecule has 0 saturated carbocycles. The first kappa shape index (κ1) is 21.0. The lowest BCUT2D eigenvalue weighted by molar-refractivity contribution is 0.397. The van der Waals surface area contributed by atoms with Crippen LogP contribution in [0.25, 0.3) is 0 Å². The quantitative estimate of drug-likeness (QED) is 0.476. The molecule has 3 rings (SSSR count). The van der Waals surface area contributed by atoms with E-state index in [0.717, 1.165) is 41.5 Å². The van der Waals surface area contributed by atoms with Gasteiger partial charge in [0.1, 0.15) is 0 Å². The van der Waals surface area contributed by atoms with Crippen LogP contribution in [0.5, 0.6) is 5.88 Å². The molecule has 0 aliphatic heterocycles. The number of hydrogen-bond acceptors (Lipinski definition) is 6. The van der Waals surface area contributed by atoms with Gasteiger partial charge in [-0.05, 0) is 65.4 Å². The molecular weight excluding hydrogens is 434 g/mol. The van der Waals surface area contributed by atoms with Gasteiger partial charge in [-0.2, -0.15) is 0 Å². The number of unbranched alkanes of at least 4 members (excludes halogenated alkanes) is 1. The first-order valence-corrected chi connectivity index (χ1v) is 10.3. The van der Waals surface area contributed by atoms with E-state index in [4.69, 9.17) is 4.74 Å². The average Bonchev–Trinajstić information content (AvgIpc) is 2.71. The minimum Gasteiger partial charge on any atom is -0.481 e. The SMILES string of the molecule is COc1cc(Cc2cnc(NCCCCc3ncc(Br)cc3C)[nH]c2=O)ccn1. The van der Waals surface area contributed by atoms with Crippen LogP contribution in [0.15, 0.2) is 46.1 Å². The molecule has 3 aromatic heterocycles. The van der Waals surface area contributed by atoms with Crippen molar-refractivity contribution in [3.05, 3.63) is 74.0 Å². The first-order valence-electron chi connectivity index (χ1n) is 9.47. The number of rotatable bonds is 9. The van der Waals surface area contributed by atoms with Crippen molar-refractivity contribution < 1.29 is 4.74 Å². The fraction of sp³-hybridized carbons (Fsp3) is 0.333. The second-order valence-electron chi connectivity index (χ2n) is 6.77. The summed E-state index contributed by atoms with van der Waals surface area (Å²) in [6.45, 7) is 2.81. The summed E-state index contributed by atoms with van der Waals surface area (Å²) >= 11 is 3.43. The van der Waals surface area contributed by atoms with Crippen LogP contribution in [0.3, 0.4) is 0 Å². The highest BCUT2D eigenvalue weighted by Gasteiger charge is 2.06. The van der Waals surface area contributed by atoms with E-state index in [2.05, 4.69) is 54.2 Å². The van der Waals surface area contributed by atoms with Crippen LogP contribution >= 0.6 is 15.9 Å². The number of nitrogens with one attached hydrogen (secondary N) is 2. The van der Waals surface area contributed by atoms with Gasteiger partial charge in [0.25, 0.3) is 5.56 Å². The third kappa shape index (κ3) is 6.12. The highest BCUT2D eigenvalue weighted by Crippen LogP contribution is 2.15. The molecule has 0 bridgehead atoms. The topological polar surface area (TPSA) is 92.8 Å². The number of H-pyrrole nitrogens is 1. The van der Waals surface area contributed by atoms with Gasteiger partial charge in [0.2, 0.25) is 11.8 Å². The fourth-order valence-corrected chi connectivity index (χ4v) is 3.43. The Kier molecular flexibility index (Phi) is 7.35. The number of halogens is 1. The lowest BCUT2D eigenvalue weighted by Gasteiger charge is -2.08. The van der Waals surface area contributed by atoms with E-state index in [1.54, 1.807) is 19.5 Å². The Balaban J connectivity index is 1.48. The zero-order valence-electron chi connectivity index (χ0n) is 16.5. The highest BCUT2D eigenvalue weighted by molar-refractivity contribution is 9.10. The Labute approximate surface area is 178 Å². The van der Waals surface area contributed by atoms with E-state index in [1.165, 1.54) is 5.56 Å². The number of aromatic nitrogens is 4. The largest absolute Gasteiger partial charge is 0.481 e. The summed E-state index contributed by atoms with van der Waals surface area (Å²) in [5.41, 5.74) is 3.72. The molecule has 0 aliphatic rings. The molecule has 0 fully saturated rings. The Hall–Kier alpha value is -2.74. The van der Waals surface area contributed by atoms with Crippen LogP contribution in [0.4, 0.5) is 5.95 Å². The van der Waals surface area contributed by atoms with E-state index >= 15 is 0 Å². The maximum atomic E-state index is 12.3. The number of anilines is 1. The number of nitrogens with zero attached hydrogens (tertiary/aromatic N) is 3. The van der Waals surface area contributed by atoms with Crippen molar-refractivity contribution in [1.82, 2.24) is 19.9 Å². The minimum atomic E-state index is -0.145. The van der Waals surface area contributed by atoms with Crippen molar-refractivity contribution in [1.29, 1.82) is 0 Å². The van der Waals surface area contributed by atoms with Crippen LogP contribution in [0.1, 0.15) is 35.2 Å². The van der Waals surface area contributed by atoms with Gasteiger partial charge >= 0.3 is 0 Å². The van der Waals surface area contributed by atoms with Gasteiger partial charge in [-0.15, -0.1) is 0 Å². The number of aromatic amines is 1. The first-order chi connectivity index (χ1) is 14.0. The smallest absolute Gasteiger partial charge is 0.255 e. The summed E-state index contributed by atoms with van der Waals surface area (Å²) in [6.07, 6.45) is 8.48. The van der Waals surface area contributed by atoms with Crippen molar-refractivity contribution in [3.63, 3.8) is 0 Å². The van der Waals surface area contributed by atoms with Gasteiger partial charge in [-0.3, -0.25) is 14.8 Å². The molecule has 3 aromatic rings. The van der Waals surface area contributed by atoms with Crippen LogP contribution in [0, 0.1) is 6.92 Å². The number of pyridine rings is 2. The zero-order valence-corrected chi connectivity index (χ0v) is 18.1. The Morgan fingerprint density at radius 3 is 2.79 bits per heavy atom. The Morgan fingerprint density at radius 2 is 2.03 bits per heavy atom. The van der Waals surface area contributed by atoms with Crippen LogP contribution in [-0.4, -0.2) is 33.6 Å². The maximum Gasteiger partial charge on any atom is 0.255 e. The second kappa shape index (κ2) is 10.2. The third-order valence-electron chi connectivity index (χ3n) is 4.56. The van der Waals surface area contributed by atoms with Gasteiger partial charge in [-0.1, -0.05) is 0 Å². The molecule has 7 nitrogen and oxygen atoms in total. The highest BCUT2D eigenvalue weighted by atomic mass is 79.9. The van der Waals surface area contributed by atoms with Gasteiger partial charge in [0, 0.05) is 53.4 Å². The number of ether oxygens (including phenoxy) is 1. The van der Waals surface area contributed by atoms with Gasteiger partial charge in [0.05, 0.1) is 7.11 Å². The number of aryl methyl sites for hydroxylation is 2. The number of methoxy groups -OCH3 is 1. The predicted molar refractivity (Wildman–Crippen MR) is 117 cm³/mol. The van der Waals surface area contributed by atoms with Crippen molar-refractivity contribution in [2.75, 3.05) is 19.0 Å². The molecule has 2 N–H and O–H groups in total. The average molecular weight is 458 g/mol. The molecule has 0 unspecified atom stereocenters. The normalized spacial score (nSPS) is 10.7. The van der Waals surface area contributed by atoms with Gasteiger partial charge in [0.15, 0.2) is 0 Å². The summed E-state index contributed by atoms with van der Waals surface area (Å²) in [4.78, 5) is 28.0. The molecule has 0 amide bonds. The summed E-state index contributed by atoms with van der Waals surface area (Å²) in [5.74, 6) is 1.02. The van der Waals surface area contributed by atoms with Crippen molar-refractivity contribution in [3.8, 4) is 5.88 Å². The Bertz CT molecular complexity index is 1020. The van der Waals surface area contributed by atoms with E-state index in [0.29, 0.717) is 23.8 Å². The van der Waals surface area contributed by atoms with Gasteiger partial charge < -0.3 is 10.1 Å². The molecule has 0 aliphatic carbocycles. The second-order valence-corrected chi connectivity index (χ2v) is 7.69. The van der Waals surface area contributed by atoms with E-state index in [9.17, 15) is 4.79 Å². The van der Waals surface area contributed by atoms with Crippen molar-refractivity contribution in [2.45, 2.75) is 32.6 Å². The summed E-state index contributed by atoms with van der Waals surface area (Å²) < 4.78 is 6.12. The van der Waals surface area contributed by atoms with Crippen LogP contribution in [0.2, 0.25) is 0 Å². The summed E-state index contributed by atoms with van der Waals surface area (Å²) in [7, 11) is 1.57. The molecule has 29 heavy (non-hydrogen) atoms. The summed E-state index contributed by atoms with van der Waals surface area (Å²) in [5, 5.41) is 3.18. The van der Waals surface area contributed by atoms with E-state index in [1.807, 2.05) is 18.3 Å². The zero-order chi connectivity index (χ0) is 20.6. The Morgan fingerprint density at radius 1 is 1.17 bits per heavy atom. The third-order valence-corrected chi connectivity index (χ3v) is 5.00. The predicted octanol–water partition coefficient (Wildman–Crippen LogP) is 3.67. The molecule has 0 spiro atoms. The molecular formula is C21H24BrN5O2. The molecule has 0 radical (unpaired) electrons. The molecule has 0 aromatic carbocycles.